The van der Waals surface area contributed by atoms with Crippen LogP contribution in [0.1, 0.15) is 31.9 Å². The van der Waals surface area contributed by atoms with Gasteiger partial charge in [0.2, 0.25) is 0 Å². The first kappa shape index (κ1) is 30.2. The molecule has 3 rings (SSSR count). The molecule has 3 aromatic rings. The van der Waals surface area contributed by atoms with Gasteiger partial charge >= 0.3 is 35.9 Å². The molecule has 1 amide bonds. The molecule has 0 aliphatic heterocycles. The number of amides is 1. The van der Waals surface area contributed by atoms with Crippen molar-refractivity contribution in [3.05, 3.63) is 77.9 Å². The number of carboxylic acid groups (broad SMARTS) is 1. The fourth-order valence-corrected chi connectivity index (χ4v) is 3.44. The Morgan fingerprint density at radius 3 is 1.97 bits per heavy atom. The summed E-state index contributed by atoms with van der Waals surface area (Å²) in [5.41, 5.74) is 3.21. The van der Waals surface area contributed by atoms with Crippen molar-refractivity contribution in [3.8, 4) is 22.6 Å². The second-order valence-electron chi connectivity index (χ2n) is 9.14. The summed E-state index contributed by atoms with van der Waals surface area (Å²) in [7, 11) is 1.27. The summed E-state index contributed by atoms with van der Waals surface area (Å²) >= 11 is 0. The number of carbonyl (C=O) groups is 2. The van der Waals surface area contributed by atoms with E-state index in [-0.39, 0.29) is 58.8 Å². The molecule has 0 aliphatic carbocycles. The normalized spacial score (nSPS) is 11.3. The minimum atomic E-state index is -4.81. The van der Waals surface area contributed by atoms with Gasteiger partial charge in [-0.1, -0.05) is 63.2 Å². The van der Waals surface area contributed by atoms with E-state index < -0.39 is 18.2 Å². The fraction of sp³-hybridized carbons (Fsp3) is 0.259. The first-order valence-corrected chi connectivity index (χ1v) is 11.0. The molecule has 0 heterocycles. The molecular formula is C27H25F3NNaO5. The van der Waals surface area contributed by atoms with Crippen LogP contribution in [-0.2, 0) is 21.6 Å². The Labute approximate surface area is 235 Å². The van der Waals surface area contributed by atoms with Gasteiger partial charge in [0.15, 0.2) is 0 Å². The van der Waals surface area contributed by atoms with Crippen LogP contribution in [0.2, 0.25) is 0 Å². The number of alkyl halides is 3. The number of ether oxygens (including phenoxy) is 2. The van der Waals surface area contributed by atoms with Crippen LogP contribution in [0.15, 0.2) is 66.7 Å². The van der Waals surface area contributed by atoms with E-state index in [0.717, 1.165) is 28.2 Å². The molecule has 0 saturated heterocycles. The molecule has 0 N–H and O–H groups in total. The van der Waals surface area contributed by atoms with Crippen molar-refractivity contribution in [2.24, 2.45) is 0 Å². The monoisotopic (exact) mass is 523 g/mol. The quantitative estimate of drug-likeness (QED) is 0.364. The number of hydrogen-bond acceptors (Lipinski definition) is 5. The second kappa shape index (κ2) is 12.0. The number of likely N-dealkylation sites (N-methyl/N-ethyl adjacent to an activating group) is 1. The van der Waals surface area contributed by atoms with E-state index in [9.17, 15) is 27.9 Å². The fourth-order valence-electron chi connectivity index (χ4n) is 3.44. The van der Waals surface area contributed by atoms with Crippen molar-refractivity contribution in [1.29, 1.82) is 0 Å². The Kier molecular flexibility index (Phi) is 9.82. The van der Waals surface area contributed by atoms with Crippen LogP contribution in [-0.4, -0.2) is 25.3 Å². The van der Waals surface area contributed by atoms with Crippen LogP contribution in [0.4, 0.5) is 18.9 Å². The summed E-state index contributed by atoms with van der Waals surface area (Å²) in [6.45, 7) is 6.47. The number of carbonyl (C=O) groups excluding carboxylic acids is 2. The van der Waals surface area contributed by atoms with Gasteiger partial charge in [0.1, 0.15) is 24.1 Å². The molecule has 0 fully saturated rings. The number of hydrogen-bond donors (Lipinski definition) is 0. The molecule has 0 spiro atoms. The minimum Gasteiger partial charge on any atom is -0.540 e. The summed E-state index contributed by atoms with van der Waals surface area (Å²) in [4.78, 5) is 24.2. The van der Waals surface area contributed by atoms with Crippen molar-refractivity contribution in [3.63, 3.8) is 0 Å². The first-order valence-electron chi connectivity index (χ1n) is 11.0. The number of rotatable bonds is 6. The van der Waals surface area contributed by atoms with E-state index in [1.165, 1.54) is 25.2 Å². The van der Waals surface area contributed by atoms with Gasteiger partial charge in [0, 0.05) is 7.05 Å². The molecule has 6 nitrogen and oxygen atoms in total. The molecule has 0 unspecified atom stereocenters. The van der Waals surface area contributed by atoms with Gasteiger partial charge in [-0.3, -0.25) is 4.79 Å². The summed E-state index contributed by atoms with van der Waals surface area (Å²) in [5, 5.41) is 11.2. The Balaban J connectivity index is 0.00000481. The van der Waals surface area contributed by atoms with Crippen molar-refractivity contribution < 1.29 is 66.9 Å². The number of benzene rings is 3. The van der Waals surface area contributed by atoms with Crippen LogP contribution in [0.5, 0.6) is 11.5 Å². The predicted molar refractivity (Wildman–Crippen MR) is 126 cm³/mol. The Morgan fingerprint density at radius 2 is 1.46 bits per heavy atom. The molecule has 0 aliphatic rings. The van der Waals surface area contributed by atoms with Crippen molar-refractivity contribution in [2.45, 2.75) is 39.2 Å². The zero-order valence-corrected chi connectivity index (χ0v) is 23.2. The average Bonchev–Trinajstić information content (AvgIpc) is 2.81. The van der Waals surface area contributed by atoms with Gasteiger partial charge in [-0.15, -0.1) is 13.2 Å². The van der Waals surface area contributed by atoms with E-state index in [0.29, 0.717) is 11.1 Å². The van der Waals surface area contributed by atoms with Crippen LogP contribution >= 0.6 is 0 Å². The molecule has 0 saturated carbocycles. The molecule has 0 radical (unpaired) electrons. The molecular weight excluding hydrogens is 498 g/mol. The summed E-state index contributed by atoms with van der Waals surface area (Å²) in [6, 6.07) is 17.7. The van der Waals surface area contributed by atoms with Gasteiger partial charge in [0.25, 0.3) is 5.91 Å². The van der Waals surface area contributed by atoms with Crippen LogP contribution in [0.3, 0.4) is 0 Å². The van der Waals surface area contributed by atoms with E-state index in [2.05, 4.69) is 25.5 Å². The van der Waals surface area contributed by atoms with E-state index >= 15 is 0 Å². The molecule has 3 aromatic carbocycles. The van der Waals surface area contributed by atoms with Gasteiger partial charge in [-0.05, 0) is 51.9 Å². The molecule has 190 valence electrons. The summed E-state index contributed by atoms with van der Waals surface area (Å²) < 4.78 is 47.1. The van der Waals surface area contributed by atoms with E-state index in [1.54, 1.807) is 12.1 Å². The Hall–Kier alpha value is -3.01. The molecule has 0 atom stereocenters. The third-order valence-corrected chi connectivity index (χ3v) is 5.44. The largest absolute Gasteiger partial charge is 1.00 e. The second-order valence-corrected chi connectivity index (χ2v) is 9.14. The van der Waals surface area contributed by atoms with Gasteiger partial charge < -0.3 is 24.3 Å². The zero-order valence-electron chi connectivity index (χ0n) is 21.2. The maximum atomic E-state index is 12.4. The Morgan fingerprint density at radius 1 is 0.892 bits per heavy atom. The van der Waals surface area contributed by atoms with Crippen LogP contribution < -0.4 is 49.0 Å². The number of aliphatic carboxylic acids is 1. The summed E-state index contributed by atoms with van der Waals surface area (Å²) in [6.07, 6.45) is -4.81. The average molecular weight is 523 g/mol. The minimum absolute atomic E-state index is 0. The van der Waals surface area contributed by atoms with Crippen LogP contribution in [0, 0.1) is 0 Å². The van der Waals surface area contributed by atoms with Crippen molar-refractivity contribution in [2.75, 3.05) is 11.9 Å². The molecule has 10 heteroatoms. The van der Waals surface area contributed by atoms with E-state index in [1.807, 2.05) is 24.3 Å². The molecule has 37 heavy (non-hydrogen) atoms. The first-order chi connectivity index (χ1) is 16.7. The number of nitrogens with zero attached hydrogens (tertiary/aromatic N) is 1. The predicted octanol–water partition coefficient (Wildman–Crippen LogP) is 1.85. The number of carboxylic acids is 1. The topological polar surface area (TPSA) is 78.9 Å². The number of anilines is 1. The Bertz CT molecular complexity index is 1240. The summed E-state index contributed by atoms with van der Waals surface area (Å²) in [5.74, 6) is -3.30. The maximum Gasteiger partial charge on any atom is 1.00 e. The third kappa shape index (κ3) is 8.24. The van der Waals surface area contributed by atoms with Crippen LogP contribution in [0.25, 0.3) is 11.1 Å². The van der Waals surface area contributed by atoms with Gasteiger partial charge in [0.05, 0.1) is 5.69 Å². The van der Waals surface area contributed by atoms with E-state index in [4.69, 9.17) is 4.74 Å². The smallest absolute Gasteiger partial charge is 0.540 e. The van der Waals surface area contributed by atoms with Gasteiger partial charge in [-0.2, -0.15) is 0 Å². The third-order valence-electron chi connectivity index (χ3n) is 5.44. The molecule has 0 aromatic heterocycles. The number of halogens is 3. The van der Waals surface area contributed by atoms with Gasteiger partial charge in [-0.25, -0.2) is 0 Å². The SMILES string of the molecule is CN(C(=O)C(=O)[O-])c1cc(-c2ccc(OC(F)(F)F)cc2)ccc1OCc1ccc(C(C)(C)C)cc1.[Na+]. The van der Waals surface area contributed by atoms with Crippen molar-refractivity contribution in [1.82, 2.24) is 0 Å². The zero-order chi connectivity index (χ0) is 26.7. The maximum absolute atomic E-state index is 12.4. The van der Waals surface area contributed by atoms with Crippen molar-refractivity contribution >= 4 is 17.6 Å². The molecule has 0 bridgehead atoms. The standard InChI is InChI=1S/C27H26F3NO5.Na/c1-26(2,3)20-10-5-17(6-11-20)16-35-23-14-9-19(15-22(23)31(4)24(32)25(33)34)18-7-12-21(13-8-18)36-27(28,29)30;/h5-15H,16H2,1-4H3,(H,33,34);/q;+1/p-1.